The number of aromatic nitrogens is 4. The largest absolute Gasteiger partial charge is 0.286 e. The zero-order valence-electron chi connectivity index (χ0n) is 11.4. The maximum atomic E-state index is 12.4. The van der Waals surface area contributed by atoms with E-state index in [-0.39, 0.29) is 5.78 Å². The van der Waals surface area contributed by atoms with Crippen LogP contribution in [0, 0.1) is 0 Å². The third kappa shape index (κ3) is 2.10. The summed E-state index contributed by atoms with van der Waals surface area (Å²) >= 11 is 1.40. The molecule has 4 heterocycles. The standard InChI is InChI=1S/C16H10N4OS/c21-16(11-5-1-3-9-17-11)14-8-7-13(22-14)15-12-6-2-4-10-20(12)19-18-15/h1-10H. The summed E-state index contributed by atoms with van der Waals surface area (Å²) < 4.78 is 1.72. The second kappa shape index (κ2) is 5.16. The summed E-state index contributed by atoms with van der Waals surface area (Å²) in [5, 5.41) is 8.29. The molecule has 6 heteroatoms. The van der Waals surface area contributed by atoms with E-state index in [0.29, 0.717) is 10.6 Å². The first kappa shape index (κ1) is 12.8. The highest BCUT2D eigenvalue weighted by Gasteiger charge is 2.16. The van der Waals surface area contributed by atoms with E-state index in [2.05, 4.69) is 15.3 Å². The normalized spacial score (nSPS) is 10.9. The van der Waals surface area contributed by atoms with Gasteiger partial charge in [0.15, 0.2) is 0 Å². The fourth-order valence-electron chi connectivity index (χ4n) is 2.23. The van der Waals surface area contributed by atoms with E-state index in [1.807, 2.05) is 42.6 Å². The highest BCUT2D eigenvalue weighted by Crippen LogP contribution is 2.30. The first-order valence-electron chi connectivity index (χ1n) is 6.69. The molecule has 5 nitrogen and oxygen atoms in total. The molecular formula is C16H10N4OS. The Morgan fingerprint density at radius 3 is 2.82 bits per heavy atom. The van der Waals surface area contributed by atoms with Gasteiger partial charge in [-0.15, -0.1) is 16.4 Å². The zero-order chi connectivity index (χ0) is 14.9. The molecule has 0 N–H and O–H groups in total. The topological polar surface area (TPSA) is 60.2 Å². The van der Waals surface area contributed by atoms with Crippen LogP contribution in [0.4, 0.5) is 0 Å². The van der Waals surface area contributed by atoms with Crippen LogP contribution in [0.3, 0.4) is 0 Å². The Kier molecular flexibility index (Phi) is 3.01. The van der Waals surface area contributed by atoms with Gasteiger partial charge in [0.2, 0.25) is 5.78 Å². The summed E-state index contributed by atoms with van der Waals surface area (Å²) in [6.45, 7) is 0. The maximum absolute atomic E-state index is 12.4. The van der Waals surface area contributed by atoms with Crippen LogP contribution in [0.5, 0.6) is 0 Å². The Hall–Kier alpha value is -2.86. The van der Waals surface area contributed by atoms with E-state index >= 15 is 0 Å². The lowest BCUT2D eigenvalue weighted by molar-refractivity contribution is 0.103. The molecule has 0 aliphatic heterocycles. The number of rotatable bonds is 3. The van der Waals surface area contributed by atoms with Crippen molar-refractivity contribution in [2.24, 2.45) is 0 Å². The summed E-state index contributed by atoms with van der Waals surface area (Å²) in [5.74, 6) is -0.0756. The molecule has 0 spiro atoms. The predicted octanol–water partition coefficient (Wildman–Crippen LogP) is 3.08. The monoisotopic (exact) mass is 306 g/mol. The van der Waals surface area contributed by atoms with Crippen molar-refractivity contribution in [3.8, 4) is 10.6 Å². The Morgan fingerprint density at radius 2 is 1.95 bits per heavy atom. The highest BCUT2D eigenvalue weighted by atomic mass is 32.1. The van der Waals surface area contributed by atoms with Gasteiger partial charge in [0.05, 0.1) is 15.3 Å². The molecule has 0 saturated heterocycles. The fourth-order valence-corrected chi connectivity index (χ4v) is 3.18. The van der Waals surface area contributed by atoms with Crippen molar-refractivity contribution < 1.29 is 4.79 Å². The van der Waals surface area contributed by atoms with Crippen LogP contribution in [0.2, 0.25) is 0 Å². The van der Waals surface area contributed by atoms with E-state index < -0.39 is 0 Å². The third-order valence-electron chi connectivity index (χ3n) is 3.28. The molecule has 0 aliphatic rings. The number of hydrogen-bond donors (Lipinski definition) is 0. The highest BCUT2D eigenvalue weighted by molar-refractivity contribution is 7.17. The molecule has 0 amide bonds. The lowest BCUT2D eigenvalue weighted by Gasteiger charge is -1.95. The number of fused-ring (bicyclic) bond motifs is 1. The van der Waals surface area contributed by atoms with Gasteiger partial charge in [0.25, 0.3) is 0 Å². The van der Waals surface area contributed by atoms with Crippen LogP contribution >= 0.6 is 11.3 Å². The van der Waals surface area contributed by atoms with Crippen LogP contribution in [0.15, 0.2) is 60.9 Å². The molecule has 0 bridgehead atoms. The molecule has 0 radical (unpaired) electrons. The molecular weight excluding hydrogens is 296 g/mol. The minimum absolute atomic E-state index is 0.0756. The molecule has 4 rings (SSSR count). The molecule has 0 unspecified atom stereocenters. The maximum Gasteiger partial charge on any atom is 0.221 e. The van der Waals surface area contributed by atoms with Crippen molar-refractivity contribution in [3.63, 3.8) is 0 Å². The molecule has 22 heavy (non-hydrogen) atoms. The first-order valence-corrected chi connectivity index (χ1v) is 7.50. The van der Waals surface area contributed by atoms with Crippen molar-refractivity contribution >= 4 is 22.6 Å². The van der Waals surface area contributed by atoms with Crippen molar-refractivity contribution in [2.45, 2.75) is 0 Å². The van der Waals surface area contributed by atoms with Crippen LogP contribution in [-0.4, -0.2) is 25.6 Å². The van der Waals surface area contributed by atoms with Crippen molar-refractivity contribution in [2.75, 3.05) is 0 Å². The van der Waals surface area contributed by atoms with Gasteiger partial charge < -0.3 is 0 Å². The van der Waals surface area contributed by atoms with Gasteiger partial charge in [-0.25, -0.2) is 4.52 Å². The first-order chi connectivity index (χ1) is 10.8. The number of nitrogens with zero attached hydrogens (tertiary/aromatic N) is 4. The van der Waals surface area contributed by atoms with Crippen LogP contribution in [-0.2, 0) is 0 Å². The molecule has 4 aromatic heterocycles. The predicted molar refractivity (Wildman–Crippen MR) is 84.0 cm³/mol. The average molecular weight is 306 g/mol. The molecule has 106 valence electrons. The second-order valence-electron chi connectivity index (χ2n) is 4.68. The smallest absolute Gasteiger partial charge is 0.221 e. The van der Waals surface area contributed by atoms with Crippen molar-refractivity contribution in [1.29, 1.82) is 0 Å². The summed E-state index contributed by atoms with van der Waals surface area (Å²) in [6.07, 6.45) is 3.47. The van der Waals surface area contributed by atoms with Gasteiger partial charge in [-0.1, -0.05) is 17.3 Å². The van der Waals surface area contributed by atoms with E-state index in [9.17, 15) is 4.79 Å². The summed E-state index contributed by atoms with van der Waals surface area (Å²) in [6, 6.07) is 14.8. The number of hydrogen-bond acceptors (Lipinski definition) is 5. The zero-order valence-corrected chi connectivity index (χ0v) is 12.2. The second-order valence-corrected chi connectivity index (χ2v) is 5.76. The minimum Gasteiger partial charge on any atom is -0.286 e. The van der Waals surface area contributed by atoms with E-state index in [4.69, 9.17) is 0 Å². The van der Waals surface area contributed by atoms with Gasteiger partial charge in [0, 0.05) is 12.4 Å². The molecule has 0 fully saturated rings. The van der Waals surface area contributed by atoms with Gasteiger partial charge in [-0.05, 0) is 36.4 Å². The lowest BCUT2D eigenvalue weighted by atomic mass is 10.2. The number of ketones is 1. The van der Waals surface area contributed by atoms with Crippen LogP contribution in [0.25, 0.3) is 16.1 Å². The summed E-state index contributed by atoms with van der Waals surface area (Å²) in [5.41, 5.74) is 2.15. The van der Waals surface area contributed by atoms with E-state index in [1.54, 1.807) is 22.8 Å². The summed E-state index contributed by atoms with van der Waals surface area (Å²) in [7, 11) is 0. The quantitative estimate of drug-likeness (QED) is 0.546. The minimum atomic E-state index is -0.0756. The van der Waals surface area contributed by atoms with E-state index in [0.717, 1.165) is 16.1 Å². The van der Waals surface area contributed by atoms with Gasteiger partial charge in [-0.2, -0.15) is 0 Å². The Bertz CT molecular complexity index is 958. The fraction of sp³-hybridized carbons (Fsp3) is 0. The molecule has 0 aliphatic carbocycles. The van der Waals surface area contributed by atoms with E-state index in [1.165, 1.54) is 11.3 Å². The van der Waals surface area contributed by atoms with Crippen molar-refractivity contribution in [3.05, 3.63) is 71.5 Å². The summed E-state index contributed by atoms with van der Waals surface area (Å²) in [4.78, 5) is 18.1. The number of pyridine rings is 2. The average Bonchev–Trinajstić information content (AvgIpc) is 3.21. The molecule has 0 atom stereocenters. The van der Waals surface area contributed by atoms with Crippen LogP contribution in [0.1, 0.15) is 15.4 Å². The third-order valence-corrected chi connectivity index (χ3v) is 4.37. The van der Waals surface area contributed by atoms with Gasteiger partial charge in [0.1, 0.15) is 11.4 Å². The number of thiophene rings is 1. The Labute approximate surface area is 129 Å². The van der Waals surface area contributed by atoms with Gasteiger partial charge >= 0.3 is 0 Å². The molecule has 0 aromatic carbocycles. The van der Waals surface area contributed by atoms with Crippen molar-refractivity contribution in [1.82, 2.24) is 19.8 Å². The Morgan fingerprint density at radius 1 is 1.05 bits per heavy atom. The number of carbonyl (C=O) groups excluding carboxylic acids is 1. The molecule has 0 saturated carbocycles. The Balaban J connectivity index is 1.74. The molecule has 4 aromatic rings. The number of carbonyl (C=O) groups is 1. The lowest BCUT2D eigenvalue weighted by Crippen LogP contribution is -2.00. The SMILES string of the molecule is O=C(c1ccccn1)c1ccc(-c2nnn3ccccc23)s1. The van der Waals surface area contributed by atoms with Crippen LogP contribution < -0.4 is 0 Å². The van der Waals surface area contributed by atoms with Gasteiger partial charge in [-0.3, -0.25) is 9.78 Å².